The molecule has 4 nitrogen and oxygen atoms in total. The van der Waals surface area contributed by atoms with Crippen molar-refractivity contribution < 1.29 is 9.59 Å². The highest BCUT2D eigenvalue weighted by molar-refractivity contribution is 9.10. The van der Waals surface area contributed by atoms with Gasteiger partial charge < -0.3 is 10.2 Å². The predicted octanol–water partition coefficient (Wildman–Crippen LogP) is 2.11. The number of halogens is 1. The smallest absolute Gasteiger partial charge is 0.251 e. The molecule has 1 aliphatic rings. The Morgan fingerprint density at radius 2 is 1.95 bits per heavy atom. The fourth-order valence-corrected chi connectivity index (χ4v) is 2.81. The molecule has 19 heavy (non-hydrogen) atoms. The number of hydrogen-bond donors (Lipinski definition) is 1. The number of benzene rings is 1. The van der Waals surface area contributed by atoms with Crippen LogP contribution in [0, 0.1) is 6.92 Å². The molecule has 0 saturated carbocycles. The van der Waals surface area contributed by atoms with E-state index in [-0.39, 0.29) is 18.4 Å². The molecule has 102 valence electrons. The first-order valence-corrected chi connectivity index (χ1v) is 7.19. The third-order valence-corrected chi connectivity index (χ3v) is 3.62. The lowest BCUT2D eigenvalue weighted by Crippen LogP contribution is -2.38. The van der Waals surface area contributed by atoms with Gasteiger partial charge in [0.25, 0.3) is 5.91 Å². The lowest BCUT2D eigenvalue weighted by molar-refractivity contribution is -0.129. The van der Waals surface area contributed by atoms with Gasteiger partial charge in [-0.25, -0.2) is 0 Å². The molecule has 1 aromatic carbocycles. The zero-order chi connectivity index (χ0) is 13.8. The third kappa shape index (κ3) is 3.80. The fraction of sp³-hybridized carbons (Fsp3) is 0.429. The lowest BCUT2D eigenvalue weighted by Gasteiger charge is -2.15. The van der Waals surface area contributed by atoms with Gasteiger partial charge in [-0.15, -0.1) is 0 Å². The van der Waals surface area contributed by atoms with Crippen molar-refractivity contribution in [3.8, 4) is 0 Å². The summed E-state index contributed by atoms with van der Waals surface area (Å²) < 4.78 is 0.864. The molecule has 2 rings (SSSR count). The Bertz CT molecular complexity index is 476. The van der Waals surface area contributed by atoms with Crippen LogP contribution in [0.1, 0.15) is 28.8 Å². The van der Waals surface area contributed by atoms with Crippen LogP contribution in [0.15, 0.2) is 22.7 Å². The fourth-order valence-electron chi connectivity index (χ4n) is 2.20. The minimum absolute atomic E-state index is 0.00225. The maximum absolute atomic E-state index is 12.0. The van der Waals surface area contributed by atoms with Crippen LogP contribution in [0.3, 0.4) is 0 Å². The van der Waals surface area contributed by atoms with E-state index in [9.17, 15) is 9.59 Å². The first-order chi connectivity index (χ1) is 9.06. The first kappa shape index (κ1) is 14.1. The molecule has 1 N–H and O–H groups in total. The van der Waals surface area contributed by atoms with Crippen LogP contribution in [0.4, 0.5) is 0 Å². The van der Waals surface area contributed by atoms with E-state index in [4.69, 9.17) is 0 Å². The van der Waals surface area contributed by atoms with Crippen LogP contribution in [-0.2, 0) is 4.79 Å². The van der Waals surface area contributed by atoms with Crippen molar-refractivity contribution >= 4 is 27.7 Å². The number of carbonyl (C=O) groups is 2. The summed E-state index contributed by atoms with van der Waals surface area (Å²) in [5, 5.41) is 2.68. The van der Waals surface area contributed by atoms with E-state index in [2.05, 4.69) is 21.2 Å². The van der Waals surface area contributed by atoms with Crippen LogP contribution < -0.4 is 5.32 Å². The number of aryl methyl sites for hydroxylation is 1. The summed E-state index contributed by atoms with van der Waals surface area (Å²) in [6.07, 6.45) is 2.12. The molecule has 0 aliphatic carbocycles. The summed E-state index contributed by atoms with van der Waals surface area (Å²) in [7, 11) is 0. The Morgan fingerprint density at radius 3 is 2.58 bits per heavy atom. The van der Waals surface area contributed by atoms with E-state index in [1.165, 1.54) is 0 Å². The quantitative estimate of drug-likeness (QED) is 0.925. The van der Waals surface area contributed by atoms with Crippen molar-refractivity contribution in [2.24, 2.45) is 0 Å². The summed E-state index contributed by atoms with van der Waals surface area (Å²) >= 11 is 3.36. The highest BCUT2D eigenvalue weighted by Crippen LogP contribution is 2.15. The minimum Gasteiger partial charge on any atom is -0.343 e. The van der Waals surface area contributed by atoms with Gasteiger partial charge in [-0.1, -0.05) is 15.9 Å². The van der Waals surface area contributed by atoms with Crippen LogP contribution in [0.5, 0.6) is 0 Å². The van der Waals surface area contributed by atoms with E-state index in [0.29, 0.717) is 5.56 Å². The van der Waals surface area contributed by atoms with Gasteiger partial charge in [0.05, 0.1) is 6.54 Å². The number of nitrogens with one attached hydrogen (secondary N) is 1. The molecule has 2 amide bonds. The molecule has 1 aliphatic heterocycles. The normalized spacial score (nSPS) is 14.5. The third-order valence-electron chi connectivity index (χ3n) is 3.16. The molecule has 1 fully saturated rings. The average molecular weight is 325 g/mol. The van der Waals surface area contributed by atoms with Gasteiger partial charge >= 0.3 is 0 Å². The largest absolute Gasteiger partial charge is 0.343 e. The molecule has 0 spiro atoms. The Hall–Kier alpha value is -1.36. The zero-order valence-corrected chi connectivity index (χ0v) is 12.5. The molecule has 0 unspecified atom stereocenters. The molecule has 1 heterocycles. The number of amides is 2. The average Bonchev–Trinajstić information content (AvgIpc) is 2.88. The van der Waals surface area contributed by atoms with E-state index in [1.807, 2.05) is 13.0 Å². The Balaban J connectivity index is 1.91. The second-order valence-corrected chi connectivity index (χ2v) is 5.70. The SMILES string of the molecule is Cc1cc(Br)cc(C(=O)NCC(=O)N2CCCC2)c1. The Labute approximate surface area is 121 Å². The molecule has 1 aromatic rings. The Kier molecular flexibility index (Phi) is 4.58. The van der Waals surface area contributed by atoms with Crippen molar-refractivity contribution in [3.05, 3.63) is 33.8 Å². The summed E-state index contributed by atoms with van der Waals surface area (Å²) in [6.45, 7) is 3.62. The van der Waals surface area contributed by atoms with E-state index >= 15 is 0 Å². The maximum Gasteiger partial charge on any atom is 0.251 e. The molecule has 0 radical (unpaired) electrons. The number of carbonyl (C=O) groups excluding carboxylic acids is 2. The van der Waals surface area contributed by atoms with Gasteiger partial charge in [0, 0.05) is 23.1 Å². The summed E-state index contributed by atoms with van der Waals surface area (Å²) in [6, 6.07) is 5.50. The van der Waals surface area contributed by atoms with Crippen molar-refractivity contribution in [3.63, 3.8) is 0 Å². The predicted molar refractivity (Wildman–Crippen MR) is 77.0 cm³/mol. The topological polar surface area (TPSA) is 49.4 Å². The number of likely N-dealkylation sites (tertiary alicyclic amines) is 1. The zero-order valence-electron chi connectivity index (χ0n) is 10.9. The molecular formula is C14H17BrN2O2. The molecule has 1 saturated heterocycles. The molecule has 0 bridgehead atoms. The molecule has 5 heteroatoms. The highest BCUT2D eigenvalue weighted by Gasteiger charge is 2.18. The van der Waals surface area contributed by atoms with Crippen molar-refractivity contribution in [2.75, 3.05) is 19.6 Å². The standard InChI is InChI=1S/C14H17BrN2O2/c1-10-6-11(8-12(15)7-10)14(19)16-9-13(18)17-4-2-3-5-17/h6-8H,2-5,9H2,1H3,(H,16,19). The van der Waals surface area contributed by atoms with E-state index in [1.54, 1.807) is 17.0 Å². The van der Waals surface area contributed by atoms with Gasteiger partial charge in [-0.3, -0.25) is 9.59 Å². The lowest BCUT2D eigenvalue weighted by atomic mass is 10.1. The van der Waals surface area contributed by atoms with Crippen molar-refractivity contribution in [2.45, 2.75) is 19.8 Å². The second kappa shape index (κ2) is 6.19. The van der Waals surface area contributed by atoms with E-state index < -0.39 is 0 Å². The molecule has 0 aromatic heterocycles. The molecule has 0 atom stereocenters. The maximum atomic E-state index is 12.0. The summed E-state index contributed by atoms with van der Waals surface area (Å²) in [5.41, 5.74) is 1.58. The van der Waals surface area contributed by atoms with Gasteiger partial charge in [0.1, 0.15) is 0 Å². The van der Waals surface area contributed by atoms with Crippen molar-refractivity contribution in [1.29, 1.82) is 0 Å². The monoisotopic (exact) mass is 324 g/mol. The van der Waals surface area contributed by atoms with Crippen LogP contribution in [-0.4, -0.2) is 36.3 Å². The second-order valence-electron chi connectivity index (χ2n) is 4.79. The van der Waals surface area contributed by atoms with Crippen LogP contribution in [0.2, 0.25) is 0 Å². The highest BCUT2D eigenvalue weighted by atomic mass is 79.9. The number of nitrogens with zero attached hydrogens (tertiary/aromatic N) is 1. The van der Waals surface area contributed by atoms with Crippen LogP contribution >= 0.6 is 15.9 Å². The van der Waals surface area contributed by atoms with Gasteiger partial charge in [-0.05, 0) is 43.5 Å². The summed E-state index contributed by atoms with van der Waals surface area (Å²) in [4.78, 5) is 25.6. The van der Waals surface area contributed by atoms with Gasteiger partial charge in [0.15, 0.2) is 0 Å². The first-order valence-electron chi connectivity index (χ1n) is 6.39. The number of rotatable bonds is 3. The van der Waals surface area contributed by atoms with Gasteiger partial charge in [-0.2, -0.15) is 0 Å². The number of hydrogen-bond acceptors (Lipinski definition) is 2. The molecular weight excluding hydrogens is 308 g/mol. The van der Waals surface area contributed by atoms with Crippen molar-refractivity contribution in [1.82, 2.24) is 10.2 Å². The summed E-state index contributed by atoms with van der Waals surface area (Å²) in [5.74, 6) is -0.213. The van der Waals surface area contributed by atoms with Crippen LogP contribution in [0.25, 0.3) is 0 Å². The minimum atomic E-state index is -0.211. The van der Waals surface area contributed by atoms with E-state index in [0.717, 1.165) is 36.0 Å². The Morgan fingerprint density at radius 1 is 1.26 bits per heavy atom. The van der Waals surface area contributed by atoms with Gasteiger partial charge in [0.2, 0.25) is 5.91 Å².